The number of hydrogen-bond acceptors (Lipinski definition) is 5. The summed E-state index contributed by atoms with van der Waals surface area (Å²) in [7, 11) is -2.14. The zero-order chi connectivity index (χ0) is 15.6. The normalized spacial score (nSPS) is 19.3. The monoisotopic (exact) mass is 312 g/mol. The van der Waals surface area contributed by atoms with Crippen LogP contribution in [0.3, 0.4) is 0 Å². The third-order valence-corrected chi connectivity index (χ3v) is 4.62. The van der Waals surface area contributed by atoms with Gasteiger partial charge >= 0.3 is 0 Å². The molecule has 7 nitrogen and oxygen atoms in total. The van der Waals surface area contributed by atoms with Crippen molar-refractivity contribution in [2.75, 3.05) is 30.8 Å². The number of carbonyl (C=O) groups is 1. The molecule has 0 aromatic heterocycles. The lowest BCUT2D eigenvalue weighted by Gasteiger charge is -2.34. The molecule has 1 fully saturated rings. The smallest absolute Gasteiger partial charge is 0.238 e. The molecular formula is C13H20N4O3S. The molecule has 1 aliphatic heterocycles. The van der Waals surface area contributed by atoms with E-state index >= 15 is 0 Å². The first-order chi connectivity index (χ1) is 9.82. The van der Waals surface area contributed by atoms with Crippen molar-refractivity contribution in [3.8, 4) is 0 Å². The summed E-state index contributed by atoms with van der Waals surface area (Å²) in [5.41, 5.74) is 7.02. The Labute approximate surface area is 124 Å². The first kappa shape index (κ1) is 15.6. The summed E-state index contributed by atoms with van der Waals surface area (Å²) in [6, 6.07) is 4.43. The number of nitrogens with one attached hydrogen (secondary N) is 1. The summed E-state index contributed by atoms with van der Waals surface area (Å²) >= 11 is 0. The standard InChI is InChI=1S/C13H20N4O3S/c1-16-13(18)9-3-2-6-17(8-9)12-5-4-10(7-11(12)14)21(15,19)20/h4-5,7,9H,2-3,6,8,14H2,1H3,(H,16,18)(H2,15,19,20). The number of carbonyl (C=O) groups excluding carboxylic acids is 1. The van der Waals surface area contributed by atoms with E-state index in [0.29, 0.717) is 12.2 Å². The summed E-state index contributed by atoms with van der Waals surface area (Å²) in [6.45, 7) is 1.35. The summed E-state index contributed by atoms with van der Waals surface area (Å²) in [4.78, 5) is 13.7. The minimum absolute atomic E-state index is 0.0105. The van der Waals surface area contributed by atoms with Crippen LogP contribution < -0.4 is 21.1 Å². The molecule has 21 heavy (non-hydrogen) atoms. The fourth-order valence-electron chi connectivity index (χ4n) is 2.61. The molecule has 116 valence electrons. The molecule has 1 unspecified atom stereocenters. The van der Waals surface area contributed by atoms with E-state index in [-0.39, 0.29) is 16.7 Å². The molecule has 0 spiro atoms. The summed E-state index contributed by atoms with van der Waals surface area (Å²) in [6.07, 6.45) is 1.72. The van der Waals surface area contributed by atoms with Crippen LogP contribution in [0, 0.1) is 5.92 Å². The van der Waals surface area contributed by atoms with Gasteiger partial charge in [0.1, 0.15) is 0 Å². The number of nitrogens with two attached hydrogens (primary N) is 2. The average Bonchev–Trinajstić information content (AvgIpc) is 2.45. The number of anilines is 2. The molecule has 0 saturated carbocycles. The Balaban J connectivity index is 2.24. The quantitative estimate of drug-likeness (QED) is 0.672. The highest BCUT2D eigenvalue weighted by Crippen LogP contribution is 2.29. The number of nitrogen functional groups attached to an aromatic ring is 1. The molecule has 1 aliphatic rings. The van der Waals surface area contributed by atoms with Gasteiger partial charge in [0.05, 0.1) is 22.2 Å². The second-order valence-electron chi connectivity index (χ2n) is 5.17. The number of sulfonamides is 1. The zero-order valence-corrected chi connectivity index (χ0v) is 12.7. The van der Waals surface area contributed by atoms with Crippen LogP contribution in [0.1, 0.15) is 12.8 Å². The first-order valence-electron chi connectivity index (χ1n) is 6.72. The first-order valence-corrected chi connectivity index (χ1v) is 8.26. The highest BCUT2D eigenvalue weighted by molar-refractivity contribution is 7.89. The summed E-state index contributed by atoms with van der Waals surface area (Å²) < 4.78 is 22.6. The van der Waals surface area contributed by atoms with Crippen LogP contribution in [0.25, 0.3) is 0 Å². The SMILES string of the molecule is CNC(=O)C1CCCN(c2ccc(S(N)(=O)=O)cc2N)C1. The predicted molar refractivity (Wildman–Crippen MR) is 81.2 cm³/mol. The Morgan fingerprint density at radius 3 is 2.71 bits per heavy atom. The molecule has 1 heterocycles. The molecule has 1 aromatic rings. The summed E-state index contributed by atoms with van der Waals surface area (Å²) in [5.74, 6) is -0.0690. The van der Waals surface area contributed by atoms with E-state index < -0.39 is 10.0 Å². The van der Waals surface area contributed by atoms with Gasteiger partial charge in [-0.05, 0) is 31.0 Å². The minimum Gasteiger partial charge on any atom is -0.397 e. The molecule has 0 aliphatic carbocycles. The van der Waals surface area contributed by atoms with E-state index in [4.69, 9.17) is 10.9 Å². The second-order valence-corrected chi connectivity index (χ2v) is 6.73. The van der Waals surface area contributed by atoms with E-state index in [1.807, 2.05) is 4.90 Å². The van der Waals surface area contributed by atoms with Crippen LogP contribution in [0.15, 0.2) is 23.1 Å². The summed E-state index contributed by atoms with van der Waals surface area (Å²) in [5, 5.41) is 7.74. The van der Waals surface area contributed by atoms with E-state index in [2.05, 4.69) is 5.32 Å². The topological polar surface area (TPSA) is 119 Å². The van der Waals surface area contributed by atoms with Crippen LogP contribution in [-0.4, -0.2) is 34.5 Å². The highest BCUT2D eigenvalue weighted by atomic mass is 32.2. The molecule has 1 aromatic carbocycles. The second kappa shape index (κ2) is 5.90. The molecular weight excluding hydrogens is 292 g/mol. The molecule has 2 rings (SSSR count). The Morgan fingerprint density at radius 2 is 2.14 bits per heavy atom. The molecule has 1 atom stereocenters. The fraction of sp³-hybridized carbons (Fsp3) is 0.462. The van der Waals surface area contributed by atoms with Crippen LogP contribution >= 0.6 is 0 Å². The van der Waals surface area contributed by atoms with Gasteiger partial charge in [-0.15, -0.1) is 0 Å². The van der Waals surface area contributed by atoms with Gasteiger partial charge in [-0.3, -0.25) is 4.79 Å². The van der Waals surface area contributed by atoms with E-state index in [1.54, 1.807) is 13.1 Å². The molecule has 1 amide bonds. The molecule has 0 bridgehead atoms. The number of amides is 1. The number of rotatable bonds is 3. The van der Waals surface area contributed by atoms with Crippen molar-refractivity contribution in [3.63, 3.8) is 0 Å². The van der Waals surface area contributed by atoms with Crippen molar-refractivity contribution in [1.29, 1.82) is 0 Å². The maximum absolute atomic E-state index is 11.7. The zero-order valence-electron chi connectivity index (χ0n) is 11.9. The molecule has 8 heteroatoms. The van der Waals surface area contributed by atoms with Gasteiger partial charge < -0.3 is 16.0 Å². The lowest BCUT2D eigenvalue weighted by atomic mass is 9.96. The Hall–Kier alpha value is -1.80. The van der Waals surface area contributed by atoms with E-state index in [9.17, 15) is 13.2 Å². The maximum atomic E-state index is 11.7. The average molecular weight is 312 g/mol. The lowest BCUT2D eigenvalue weighted by molar-refractivity contribution is -0.124. The van der Waals surface area contributed by atoms with Gasteiger partial charge in [0.2, 0.25) is 15.9 Å². The van der Waals surface area contributed by atoms with Crippen LogP contribution in [0.2, 0.25) is 0 Å². The minimum atomic E-state index is -3.76. The van der Waals surface area contributed by atoms with Gasteiger partial charge in [0, 0.05) is 20.1 Å². The van der Waals surface area contributed by atoms with Crippen LogP contribution in [0.4, 0.5) is 11.4 Å². The van der Waals surface area contributed by atoms with Crippen molar-refractivity contribution in [3.05, 3.63) is 18.2 Å². The predicted octanol–water partition coefficient (Wildman–Crippen LogP) is -0.121. The third-order valence-electron chi connectivity index (χ3n) is 3.71. The fourth-order valence-corrected chi connectivity index (χ4v) is 3.16. The van der Waals surface area contributed by atoms with Crippen LogP contribution in [0.5, 0.6) is 0 Å². The number of benzene rings is 1. The van der Waals surface area contributed by atoms with Crippen molar-refractivity contribution in [1.82, 2.24) is 5.32 Å². The number of hydrogen-bond donors (Lipinski definition) is 3. The number of nitrogens with zero attached hydrogens (tertiary/aromatic N) is 1. The van der Waals surface area contributed by atoms with Crippen LogP contribution in [-0.2, 0) is 14.8 Å². The molecule has 5 N–H and O–H groups in total. The number of primary sulfonamides is 1. The van der Waals surface area contributed by atoms with Gasteiger partial charge in [0.25, 0.3) is 0 Å². The van der Waals surface area contributed by atoms with Gasteiger partial charge in [-0.1, -0.05) is 0 Å². The molecule has 1 saturated heterocycles. The Bertz CT molecular complexity index is 645. The maximum Gasteiger partial charge on any atom is 0.238 e. The van der Waals surface area contributed by atoms with E-state index in [0.717, 1.165) is 25.1 Å². The van der Waals surface area contributed by atoms with Crippen molar-refractivity contribution in [2.24, 2.45) is 11.1 Å². The van der Waals surface area contributed by atoms with Gasteiger partial charge in [0.15, 0.2) is 0 Å². The third kappa shape index (κ3) is 3.45. The van der Waals surface area contributed by atoms with Gasteiger partial charge in [-0.2, -0.15) is 0 Å². The lowest BCUT2D eigenvalue weighted by Crippen LogP contribution is -2.42. The Morgan fingerprint density at radius 1 is 1.43 bits per heavy atom. The molecule has 0 radical (unpaired) electrons. The largest absolute Gasteiger partial charge is 0.397 e. The highest BCUT2D eigenvalue weighted by Gasteiger charge is 2.26. The van der Waals surface area contributed by atoms with Crippen molar-refractivity contribution < 1.29 is 13.2 Å². The van der Waals surface area contributed by atoms with Gasteiger partial charge in [-0.25, -0.2) is 13.6 Å². The van der Waals surface area contributed by atoms with Crippen molar-refractivity contribution in [2.45, 2.75) is 17.7 Å². The Kier molecular flexibility index (Phi) is 4.38. The van der Waals surface area contributed by atoms with Crippen molar-refractivity contribution >= 4 is 27.3 Å². The number of piperidine rings is 1. The van der Waals surface area contributed by atoms with E-state index in [1.165, 1.54) is 12.1 Å².